The molecule has 2 saturated heterocycles. The predicted octanol–water partition coefficient (Wildman–Crippen LogP) is 0.486. The zero-order valence-corrected chi connectivity index (χ0v) is 15.1. The Morgan fingerprint density at radius 1 is 1.00 bits per heavy atom. The van der Waals surface area contributed by atoms with Crippen molar-refractivity contribution in [1.82, 2.24) is 24.5 Å². The van der Waals surface area contributed by atoms with Gasteiger partial charge < -0.3 is 19.4 Å². The summed E-state index contributed by atoms with van der Waals surface area (Å²) >= 11 is 0. The molecule has 1 aromatic heterocycles. The third-order valence-corrected chi connectivity index (χ3v) is 4.83. The van der Waals surface area contributed by atoms with E-state index in [4.69, 9.17) is 4.74 Å². The summed E-state index contributed by atoms with van der Waals surface area (Å²) in [7, 11) is 0. The highest BCUT2D eigenvalue weighted by molar-refractivity contribution is 5.77. The summed E-state index contributed by atoms with van der Waals surface area (Å²) in [5, 5.41) is 4.39. The molecule has 0 aromatic carbocycles. The molecule has 3 heterocycles. The summed E-state index contributed by atoms with van der Waals surface area (Å²) in [4.78, 5) is 30.4. The van der Waals surface area contributed by atoms with Crippen LogP contribution in [0.25, 0.3) is 0 Å². The fourth-order valence-corrected chi connectivity index (χ4v) is 3.36. The summed E-state index contributed by atoms with van der Waals surface area (Å²) in [5.41, 5.74) is 2.05. The maximum absolute atomic E-state index is 12.5. The molecule has 1 aromatic rings. The zero-order valence-electron chi connectivity index (χ0n) is 15.1. The first kappa shape index (κ1) is 17.7. The molecule has 2 fully saturated rings. The topological polar surface area (TPSA) is 70.9 Å². The van der Waals surface area contributed by atoms with Crippen LogP contribution in [0.4, 0.5) is 4.79 Å². The fraction of sp³-hybridized carbons (Fsp3) is 0.706. The second-order valence-electron chi connectivity index (χ2n) is 6.65. The van der Waals surface area contributed by atoms with Gasteiger partial charge in [0.25, 0.3) is 0 Å². The van der Waals surface area contributed by atoms with E-state index in [-0.39, 0.29) is 11.9 Å². The van der Waals surface area contributed by atoms with Crippen molar-refractivity contribution in [3.8, 4) is 0 Å². The van der Waals surface area contributed by atoms with Crippen molar-refractivity contribution in [3.63, 3.8) is 0 Å². The van der Waals surface area contributed by atoms with Gasteiger partial charge in [-0.3, -0.25) is 9.48 Å². The smallest absolute Gasteiger partial charge is 0.320 e. The van der Waals surface area contributed by atoms with E-state index < -0.39 is 0 Å². The summed E-state index contributed by atoms with van der Waals surface area (Å²) in [6.07, 6.45) is 0.444. The molecule has 8 nitrogen and oxygen atoms in total. The van der Waals surface area contributed by atoms with E-state index in [2.05, 4.69) is 5.10 Å². The number of nitrogens with zero attached hydrogens (tertiary/aromatic N) is 5. The SMILES string of the molecule is Cc1cc(C)n(CCC(=O)N2CCN(C(=O)N3CCOCC3)CC2)n1. The quantitative estimate of drug-likeness (QED) is 0.796. The molecule has 8 heteroatoms. The monoisotopic (exact) mass is 349 g/mol. The van der Waals surface area contributed by atoms with Crippen LogP contribution in [0.5, 0.6) is 0 Å². The minimum atomic E-state index is 0.0676. The lowest BCUT2D eigenvalue weighted by molar-refractivity contribution is -0.133. The number of hydrogen-bond acceptors (Lipinski definition) is 4. The van der Waals surface area contributed by atoms with Crippen molar-refractivity contribution in [3.05, 3.63) is 17.5 Å². The molecule has 0 bridgehead atoms. The molecule has 25 heavy (non-hydrogen) atoms. The number of ether oxygens (including phenoxy) is 1. The number of aromatic nitrogens is 2. The van der Waals surface area contributed by atoms with Crippen LogP contribution in [0.3, 0.4) is 0 Å². The predicted molar refractivity (Wildman–Crippen MR) is 92.3 cm³/mol. The number of piperazine rings is 1. The van der Waals surface area contributed by atoms with Crippen molar-refractivity contribution >= 4 is 11.9 Å². The van der Waals surface area contributed by atoms with E-state index in [9.17, 15) is 9.59 Å². The molecule has 138 valence electrons. The Kier molecular flexibility index (Phi) is 5.57. The van der Waals surface area contributed by atoms with Gasteiger partial charge in [0.05, 0.1) is 18.9 Å². The molecule has 3 amide bonds. The van der Waals surface area contributed by atoms with Gasteiger partial charge in [-0.05, 0) is 19.9 Å². The molecule has 0 N–H and O–H groups in total. The van der Waals surface area contributed by atoms with Gasteiger partial charge in [0, 0.05) is 57.9 Å². The third kappa shape index (κ3) is 4.31. The highest BCUT2D eigenvalue weighted by Gasteiger charge is 2.27. The number of morpholine rings is 1. The number of aryl methyl sites for hydroxylation is 3. The van der Waals surface area contributed by atoms with Crippen molar-refractivity contribution in [2.24, 2.45) is 0 Å². The molecule has 0 aliphatic carbocycles. The van der Waals surface area contributed by atoms with Crippen LogP contribution in [0.15, 0.2) is 6.07 Å². The molecular weight excluding hydrogens is 322 g/mol. The molecule has 2 aliphatic heterocycles. The van der Waals surface area contributed by atoms with Gasteiger partial charge in [-0.1, -0.05) is 0 Å². The average Bonchev–Trinajstić information content (AvgIpc) is 2.97. The Hall–Kier alpha value is -2.09. The lowest BCUT2D eigenvalue weighted by atomic mass is 10.2. The minimum Gasteiger partial charge on any atom is -0.378 e. The van der Waals surface area contributed by atoms with Crippen LogP contribution < -0.4 is 0 Å². The van der Waals surface area contributed by atoms with Gasteiger partial charge in [0.1, 0.15) is 0 Å². The molecule has 0 unspecified atom stereocenters. The first-order chi connectivity index (χ1) is 12.0. The molecular formula is C17H27N5O3. The van der Waals surface area contributed by atoms with E-state index >= 15 is 0 Å². The Labute approximate surface area is 148 Å². The lowest BCUT2D eigenvalue weighted by Gasteiger charge is -2.38. The zero-order chi connectivity index (χ0) is 17.8. The van der Waals surface area contributed by atoms with Crippen LogP contribution in [0, 0.1) is 13.8 Å². The van der Waals surface area contributed by atoms with Crippen LogP contribution in [-0.2, 0) is 16.1 Å². The largest absolute Gasteiger partial charge is 0.378 e. The fourth-order valence-electron chi connectivity index (χ4n) is 3.36. The van der Waals surface area contributed by atoms with Crippen LogP contribution >= 0.6 is 0 Å². The molecule has 0 radical (unpaired) electrons. The maximum atomic E-state index is 12.5. The summed E-state index contributed by atoms with van der Waals surface area (Å²) < 4.78 is 7.17. The van der Waals surface area contributed by atoms with Crippen molar-refractivity contribution in [2.75, 3.05) is 52.5 Å². The van der Waals surface area contributed by atoms with Crippen LogP contribution in [0.2, 0.25) is 0 Å². The lowest BCUT2D eigenvalue weighted by Crippen LogP contribution is -2.55. The van der Waals surface area contributed by atoms with Crippen molar-refractivity contribution in [2.45, 2.75) is 26.8 Å². The van der Waals surface area contributed by atoms with Crippen LogP contribution in [0.1, 0.15) is 17.8 Å². The van der Waals surface area contributed by atoms with Crippen molar-refractivity contribution < 1.29 is 14.3 Å². The summed E-state index contributed by atoms with van der Waals surface area (Å²) in [6.45, 7) is 9.48. The first-order valence-electron chi connectivity index (χ1n) is 8.95. The van der Waals surface area contributed by atoms with Gasteiger partial charge in [-0.15, -0.1) is 0 Å². The Bertz CT molecular complexity index is 616. The number of carbonyl (C=O) groups excluding carboxylic acids is 2. The van der Waals surface area contributed by atoms with Gasteiger partial charge in [0.15, 0.2) is 0 Å². The number of rotatable bonds is 3. The van der Waals surface area contributed by atoms with Gasteiger partial charge in [-0.25, -0.2) is 4.79 Å². The first-order valence-corrected chi connectivity index (χ1v) is 8.95. The van der Waals surface area contributed by atoms with Crippen LogP contribution in [-0.4, -0.2) is 88.9 Å². The van der Waals surface area contributed by atoms with E-state index in [0.29, 0.717) is 65.4 Å². The van der Waals surface area contributed by atoms with Gasteiger partial charge in [0.2, 0.25) is 5.91 Å². The minimum absolute atomic E-state index is 0.0676. The average molecular weight is 349 g/mol. The number of urea groups is 1. The van der Waals surface area contributed by atoms with E-state index in [1.165, 1.54) is 0 Å². The number of hydrogen-bond donors (Lipinski definition) is 0. The standard InChI is InChI=1S/C17H27N5O3/c1-14-13-15(2)22(18-14)4-3-16(23)19-5-7-20(8-6-19)17(24)21-9-11-25-12-10-21/h13H,3-12H2,1-2H3. The van der Waals surface area contributed by atoms with Crippen molar-refractivity contribution in [1.29, 1.82) is 0 Å². The molecule has 0 spiro atoms. The maximum Gasteiger partial charge on any atom is 0.320 e. The van der Waals surface area contributed by atoms with E-state index in [1.54, 1.807) is 0 Å². The Morgan fingerprint density at radius 2 is 1.60 bits per heavy atom. The highest BCUT2D eigenvalue weighted by atomic mass is 16.5. The van der Waals surface area contributed by atoms with E-state index in [1.807, 2.05) is 39.3 Å². The highest BCUT2D eigenvalue weighted by Crippen LogP contribution is 2.10. The summed E-state index contributed by atoms with van der Waals surface area (Å²) in [5.74, 6) is 0.131. The summed E-state index contributed by atoms with van der Waals surface area (Å²) in [6, 6.07) is 2.08. The molecule has 3 rings (SSSR count). The van der Waals surface area contributed by atoms with Gasteiger partial charge >= 0.3 is 6.03 Å². The van der Waals surface area contributed by atoms with Gasteiger partial charge in [-0.2, -0.15) is 5.10 Å². The van der Waals surface area contributed by atoms with E-state index in [0.717, 1.165) is 11.4 Å². The molecule has 0 atom stereocenters. The third-order valence-electron chi connectivity index (χ3n) is 4.83. The molecule has 0 saturated carbocycles. The second-order valence-corrected chi connectivity index (χ2v) is 6.65. The molecule has 2 aliphatic rings. The second kappa shape index (κ2) is 7.86. The normalized spacial score (nSPS) is 18.6. The number of carbonyl (C=O) groups is 2. The Balaban J connectivity index is 1.44. The Morgan fingerprint density at radius 3 is 2.20 bits per heavy atom. The number of amides is 3.